The Labute approximate surface area is 114 Å². The van der Waals surface area contributed by atoms with Crippen molar-refractivity contribution >= 4 is 23.0 Å². The number of nitrogens with zero attached hydrogens (tertiary/aromatic N) is 3. The van der Waals surface area contributed by atoms with E-state index in [-0.39, 0.29) is 0 Å². The van der Waals surface area contributed by atoms with Crippen LogP contribution in [0.15, 0.2) is 0 Å². The molecular formula is C13H22N4S. The molecule has 1 saturated heterocycles. The Hall–Kier alpha value is -1.10. The quantitative estimate of drug-likeness (QED) is 0.832. The van der Waals surface area contributed by atoms with Gasteiger partial charge in [0.1, 0.15) is 10.8 Å². The molecule has 0 amide bonds. The molecule has 0 radical (unpaired) electrons. The SMILES string of the molecule is Cc1nn(C)c(N2CCC(C)(C)CC2)c1C(N)=S. The molecule has 0 unspecified atom stereocenters. The Morgan fingerprint density at radius 1 is 1.33 bits per heavy atom. The molecule has 0 saturated carbocycles. The number of thiocarbonyl (C=S) groups is 1. The fourth-order valence-corrected chi connectivity index (χ4v) is 2.86. The van der Waals surface area contributed by atoms with E-state index in [0.717, 1.165) is 30.2 Å². The monoisotopic (exact) mass is 266 g/mol. The van der Waals surface area contributed by atoms with Gasteiger partial charge in [-0.1, -0.05) is 26.1 Å². The summed E-state index contributed by atoms with van der Waals surface area (Å²) in [7, 11) is 1.96. The van der Waals surface area contributed by atoms with Crippen LogP contribution in [-0.2, 0) is 7.05 Å². The van der Waals surface area contributed by atoms with Crippen molar-refractivity contribution in [1.82, 2.24) is 9.78 Å². The Morgan fingerprint density at radius 3 is 2.39 bits per heavy atom. The zero-order chi connectivity index (χ0) is 13.5. The van der Waals surface area contributed by atoms with Crippen LogP contribution in [0.5, 0.6) is 0 Å². The number of aromatic nitrogens is 2. The van der Waals surface area contributed by atoms with Crippen molar-refractivity contribution in [3.63, 3.8) is 0 Å². The number of hydrogen-bond acceptors (Lipinski definition) is 3. The van der Waals surface area contributed by atoms with Crippen LogP contribution in [0.4, 0.5) is 5.82 Å². The van der Waals surface area contributed by atoms with Crippen molar-refractivity contribution in [2.24, 2.45) is 18.2 Å². The second-order valence-corrected chi connectivity index (χ2v) is 6.36. The van der Waals surface area contributed by atoms with Gasteiger partial charge in [0, 0.05) is 20.1 Å². The van der Waals surface area contributed by atoms with Crippen LogP contribution >= 0.6 is 12.2 Å². The van der Waals surface area contributed by atoms with E-state index in [0.29, 0.717) is 10.4 Å². The first-order valence-electron chi connectivity index (χ1n) is 6.40. The van der Waals surface area contributed by atoms with Crippen LogP contribution in [0.1, 0.15) is 37.9 Å². The summed E-state index contributed by atoms with van der Waals surface area (Å²) in [5, 5.41) is 4.45. The normalized spacial score (nSPS) is 19.0. The van der Waals surface area contributed by atoms with E-state index in [2.05, 4.69) is 23.8 Å². The number of anilines is 1. The zero-order valence-electron chi connectivity index (χ0n) is 11.7. The van der Waals surface area contributed by atoms with Gasteiger partial charge in [0.25, 0.3) is 0 Å². The molecule has 1 aromatic rings. The molecule has 4 nitrogen and oxygen atoms in total. The number of hydrogen-bond donors (Lipinski definition) is 1. The second-order valence-electron chi connectivity index (χ2n) is 5.92. The predicted molar refractivity (Wildman–Crippen MR) is 79.1 cm³/mol. The molecule has 2 rings (SSSR count). The highest BCUT2D eigenvalue weighted by Gasteiger charge is 2.29. The summed E-state index contributed by atoms with van der Waals surface area (Å²) < 4.78 is 1.90. The summed E-state index contributed by atoms with van der Waals surface area (Å²) in [6.45, 7) is 8.70. The maximum Gasteiger partial charge on any atom is 0.137 e. The van der Waals surface area contributed by atoms with Crippen LogP contribution in [0.25, 0.3) is 0 Å². The van der Waals surface area contributed by atoms with Gasteiger partial charge >= 0.3 is 0 Å². The maximum absolute atomic E-state index is 5.84. The molecule has 0 aromatic carbocycles. The lowest BCUT2D eigenvalue weighted by molar-refractivity contribution is 0.278. The van der Waals surface area contributed by atoms with Crippen molar-refractivity contribution < 1.29 is 0 Å². The Morgan fingerprint density at radius 2 is 1.89 bits per heavy atom. The van der Waals surface area contributed by atoms with Crippen LogP contribution in [-0.4, -0.2) is 27.9 Å². The van der Waals surface area contributed by atoms with E-state index in [9.17, 15) is 0 Å². The molecule has 1 aliphatic heterocycles. The molecule has 0 atom stereocenters. The van der Waals surface area contributed by atoms with Gasteiger partial charge in [-0.05, 0) is 25.2 Å². The first-order valence-corrected chi connectivity index (χ1v) is 6.81. The average Bonchev–Trinajstić information content (AvgIpc) is 2.54. The lowest BCUT2D eigenvalue weighted by atomic mass is 9.82. The molecule has 5 heteroatoms. The van der Waals surface area contributed by atoms with E-state index < -0.39 is 0 Å². The topological polar surface area (TPSA) is 47.1 Å². The molecule has 1 aliphatic rings. The fraction of sp³-hybridized carbons (Fsp3) is 0.692. The van der Waals surface area contributed by atoms with Gasteiger partial charge in [-0.25, -0.2) is 0 Å². The van der Waals surface area contributed by atoms with Crippen LogP contribution in [0.3, 0.4) is 0 Å². The van der Waals surface area contributed by atoms with Gasteiger partial charge in [-0.3, -0.25) is 4.68 Å². The molecule has 2 N–H and O–H groups in total. The molecule has 2 heterocycles. The smallest absolute Gasteiger partial charge is 0.137 e. The minimum atomic E-state index is 0.438. The first-order chi connectivity index (χ1) is 8.32. The van der Waals surface area contributed by atoms with Crippen LogP contribution in [0, 0.1) is 12.3 Å². The van der Waals surface area contributed by atoms with Crippen LogP contribution in [0.2, 0.25) is 0 Å². The van der Waals surface area contributed by atoms with Crippen molar-refractivity contribution in [3.05, 3.63) is 11.3 Å². The summed E-state index contributed by atoms with van der Waals surface area (Å²) in [4.78, 5) is 2.81. The van der Waals surface area contributed by atoms with Crippen molar-refractivity contribution in [3.8, 4) is 0 Å². The molecule has 18 heavy (non-hydrogen) atoms. The molecule has 0 spiro atoms. The minimum Gasteiger partial charge on any atom is -0.389 e. The highest BCUT2D eigenvalue weighted by atomic mass is 32.1. The summed E-state index contributed by atoms with van der Waals surface area (Å²) in [6, 6.07) is 0. The maximum atomic E-state index is 5.84. The van der Waals surface area contributed by atoms with Gasteiger partial charge in [0.15, 0.2) is 0 Å². The molecule has 0 aliphatic carbocycles. The highest BCUT2D eigenvalue weighted by Crippen LogP contribution is 2.33. The van der Waals surface area contributed by atoms with Gasteiger partial charge in [-0.15, -0.1) is 0 Å². The fourth-order valence-electron chi connectivity index (χ4n) is 2.62. The third-order valence-electron chi connectivity index (χ3n) is 3.85. The Kier molecular flexibility index (Phi) is 3.36. The molecule has 0 bridgehead atoms. The van der Waals surface area contributed by atoms with E-state index in [1.807, 2.05) is 18.7 Å². The van der Waals surface area contributed by atoms with Gasteiger partial charge in [-0.2, -0.15) is 5.10 Å². The molecule has 1 fully saturated rings. The van der Waals surface area contributed by atoms with Gasteiger partial charge in [0.05, 0.1) is 11.3 Å². The minimum absolute atomic E-state index is 0.438. The lowest BCUT2D eigenvalue weighted by Crippen LogP contribution is -2.39. The van der Waals surface area contributed by atoms with Gasteiger partial charge in [0.2, 0.25) is 0 Å². The number of piperidine rings is 1. The summed E-state index contributed by atoms with van der Waals surface area (Å²) >= 11 is 5.16. The summed E-state index contributed by atoms with van der Waals surface area (Å²) in [5.74, 6) is 1.08. The molecular weight excluding hydrogens is 244 g/mol. The summed E-state index contributed by atoms with van der Waals surface area (Å²) in [6.07, 6.45) is 2.38. The van der Waals surface area contributed by atoms with E-state index in [1.165, 1.54) is 12.8 Å². The van der Waals surface area contributed by atoms with Crippen molar-refractivity contribution in [2.75, 3.05) is 18.0 Å². The Bertz CT molecular complexity index is 466. The van der Waals surface area contributed by atoms with Crippen LogP contribution < -0.4 is 10.6 Å². The largest absolute Gasteiger partial charge is 0.389 e. The number of nitrogens with two attached hydrogens (primary N) is 1. The standard InChI is InChI=1S/C13H22N4S/c1-9-10(11(14)18)12(16(4)15-9)17-7-5-13(2,3)6-8-17/h5-8H2,1-4H3,(H2,14,18). The summed E-state index contributed by atoms with van der Waals surface area (Å²) in [5.41, 5.74) is 8.14. The number of aryl methyl sites for hydroxylation is 2. The number of rotatable bonds is 2. The Balaban J connectivity index is 2.32. The second kappa shape index (κ2) is 4.53. The highest BCUT2D eigenvalue weighted by molar-refractivity contribution is 7.80. The zero-order valence-corrected chi connectivity index (χ0v) is 12.5. The molecule has 100 valence electrons. The first kappa shape index (κ1) is 13.3. The van der Waals surface area contributed by atoms with E-state index in [4.69, 9.17) is 18.0 Å². The van der Waals surface area contributed by atoms with E-state index >= 15 is 0 Å². The molecule has 1 aromatic heterocycles. The van der Waals surface area contributed by atoms with E-state index in [1.54, 1.807) is 0 Å². The predicted octanol–water partition coefficient (Wildman–Crippen LogP) is 1.99. The third-order valence-corrected chi connectivity index (χ3v) is 4.06. The average molecular weight is 266 g/mol. The van der Waals surface area contributed by atoms with Gasteiger partial charge < -0.3 is 10.6 Å². The van der Waals surface area contributed by atoms with Crippen molar-refractivity contribution in [2.45, 2.75) is 33.6 Å². The lowest BCUT2D eigenvalue weighted by Gasteiger charge is -2.38. The third kappa shape index (κ3) is 2.36. The van der Waals surface area contributed by atoms with Crippen molar-refractivity contribution in [1.29, 1.82) is 0 Å².